The van der Waals surface area contributed by atoms with E-state index in [9.17, 15) is 18.0 Å². The van der Waals surface area contributed by atoms with Crippen molar-refractivity contribution in [2.45, 2.75) is 13.1 Å². The molecule has 0 bridgehead atoms. The van der Waals surface area contributed by atoms with E-state index in [0.717, 1.165) is 18.3 Å². The number of carbonyl (C=O) groups is 1. The third kappa shape index (κ3) is 3.99. The molecule has 0 aliphatic rings. The number of aromatic nitrogens is 1. The van der Waals surface area contributed by atoms with Gasteiger partial charge >= 0.3 is 6.18 Å². The molecule has 1 atom stereocenters. The van der Waals surface area contributed by atoms with Crippen molar-refractivity contribution in [3.8, 4) is 0 Å². The van der Waals surface area contributed by atoms with Crippen molar-refractivity contribution in [2.24, 2.45) is 5.92 Å². The summed E-state index contributed by atoms with van der Waals surface area (Å²) in [5, 5.41) is 11.2. The Bertz CT molecular complexity index is 404. The van der Waals surface area contributed by atoms with Crippen molar-refractivity contribution in [3.63, 3.8) is 0 Å². The minimum atomic E-state index is -4.51. The highest BCUT2D eigenvalue weighted by Gasteiger charge is 2.32. The van der Waals surface area contributed by atoms with Gasteiger partial charge in [-0.15, -0.1) is 0 Å². The summed E-state index contributed by atoms with van der Waals surface area (Å²) in [5.41, 5.74) is -0.990. The second-order valence-electron chi connectivity index (χ2n) is 3.93. The van der Waals surface area contributed by atoms with E-state index in [4.69, 9.17) is 5.11 Å². The largest absolute Gasteiger partial charge is 0.433 e. The van der Waals surface area contributed by atoms with Crippen LogP contribution in [0.4, 0.5) is 13.2 Å². The number of amides is 1. The molecule has 100 valence electrons. The summed E-state index contributed by atoms with van der Waals surface area (Å²) in [5.74, 6) is -0.632. The van der Waals surface area contributed by atoms with Crippen LogP contribution >= 0.6 is 0 Å². The summed E-state index contributed by atoms with van der Waals surface area (Å²) in [7, 11) is 0. The maximum atomic E-state index is 12.2. The molecule has 18 heavy (non-hydrogen) atoms. The van der Waals surface area contributed by atoms with Gasteiger partial charge in [-0.25, -0.2) is 0 Å². The number of carbonyl (C=O) groups excluding carboxylic acids is 1. The predicted octanol–water partition coefficient (Wildman–Crippen LogP) is 1.46. The molecule has 1 heterocycles. The SMILES string of the molecule is CC(CO)CNC(=O)c1ccc(C(F)(F)F)nc1. The topological polar surface area (TPSA) is 62.2 Å². The van der Waals surface area contributed by atoms with E-state index < -0.39 is 17.8 Å². The quantitative estimate of drug-likeness (QED) is 0.863. The minimum Gasteiger partial charge on any atom is -0.396 e. The van der Waals surface area contributed by atoms with Gasteiger partial charge in [-0.3, -0.25) is 9.78 Å². The molecule has 2 N–H and O–H groups in total. The first-order valence-electron chi connectivity index (χ1n) is 5.27. The Labute approximate surface area is 102 Å². The van der Waals surface area contributed by atoms with Crippen LogP contribution in [-0.4, -0.2) is 29.1 Å². The van der Waals surface area contributed by atoms with E-state index in [2.05, 4.69) is 10.3 Å². The Morgan fingerprint density at radius 3 is 2.61 bits per heavy atom. The maximum absolute atomic E-state index is 12.2. The summed E-state index contributed by atoms with van der Waals surface area (Å²) in [6.07, 6.45) is -3.64. The number of hydrogen-bond acceptors (Lipinski definition) is 3. The second kappa shape index (κ2) is 5.81. The summed E-state index contributed by atoms with van der Waals surface area (Å²) in [6, 6.07) is 1.82. The fraction of sp³-hybridized carbons (Fsp3) is 0.455. The molecule has 0 aliphatic heterocycles. The van der Waals surface area contributed by atoms with Crippen molar-refractivity contribution in [1.29, 1.82) is 0 Å². The summed E-state index contributed by atoms with van der Waals surface area (Å²) < 4.78 is 36.7. The zero-order valence-corrected chi connectivity index (χ0v) is 9.66. The average molecular weight is 262 g/mol. The number of aliphatic hydroxyl groups is 1. The molecule has 4 nitrogen and oxygen atoms in total. The van der Waals surface area contributed by atoms with E-state index in [-0.39, 0.29) is 24.6 Å². The molecular formula is C11H13F3N2O2. The van der Waals surface area contributed by atoms with Crippen LogP contribution in [-0.2, 0) is 6.18 Å². The van der Waals surface area contributed by atoms with Gasteiger partial charge in [0.25, 0.3) is 5.91 Å². The van der Waals surface area contributed by atoms with Crippen LogP contribution in [0.2, 0.25) is 0 Å². The predicted molar refractivity (Wildman–Crippen MR) is 57.8 cm³/mol. The van der Waals surface area contributed by atoms with Crippen molar-refractivity contribution in [2.75, 3.05) is 13.2 Å². The minimum absolute atomic E-state index is 0.0492. The molecule has 1 amide bonds. The average Bonchev–Trinajstić information content (AvgIpc) is 2.34. The highest BCUT2D eigenvalue weighted by molar-refractivity contribution is 5.93. The monoisotopic (exact) mass is 262 g/mol. The number of alkyl halides is 3. The van der Waals surface area contributed by atoms with Crippen LogP contribution in [0.25, 0.3) is 0 Å². The van der Waals surface area contributed by atoms with Gasteiger partial charge in [0.1, 0.15) is 5.69 Å². The molecule has 7 heteroatoms. The van der Waals surface area contributed by atoms with E-state index in [1.54, 1.807) is 6.92 Å². The number of rotatable bonds is 4. The van der Waals surface area contributed by atoms with E-state index in [0.29, 0.717) is 0 Å². The summed E-state index contributed by atoms with van der Waals surface area (Å²) in [6.45, 7) is 1.90. The molecule has 1 aromatic rings. The number of aliphatic hydroxyl groups excluding tert-OH is 1. The molecule has 1 rings (SSSR count). The fourth-order valence-corrected chi connectivity index (χ4v) is 1.13. The standard InChI is InChI=1S/C11H13F3N2O2/c1-7(6-17)4-16-10(18)8-2-3-9(15-5-8)11(12,13)14/h2-3,5,7,17H,4,6H2,1H3,(H,16,18). The van der Waals surface area contributed by atoms with Crippen molar-refractivity contribution in [1.82, 2.24) is 10.3 Å². The van der Waals surface area contributed by atoms with E-state index in [1.807, 2.05) is 0 Å². The second-order valence-corrected chi connectivity index (χ2v) is 3.93. The Kier molecular flexibility index (Phi) is 4.66. The number of hydrogen-bond donors (Lipinski definition) is 2. The van der Waals surface area contributed by atoms with Crippen LogP contribution in [0.5, 0.6) is 0 Å². The molecule has 0 fully saturated rings. The molecule has 0 aliphatic carbocycles. The number of nitrogens with zero attached hydrogens (tertiary/aromatic N) is 1. The van der Waals surface area contributed by atoms with E-state index in [1.165, 1.54) is 0 Å². The van der Waals surface area contributed by atoms with Crippen LogP contribution in [0.1, 0.15) is 23.0 Å². The first kappa shape index (κ1) is 14.4. The fourth-order valence-electron chi connectivity index (χ4n) is 1.13. The molecule has 0 spiro atoms. The lowest BCUT2D eigenvalue weighted by Crippen LogP contribution is -2.29. The normalized spacial score (nSPS) is 13.2. The Hall–Kier alpha value is -1.63. The van der Waals surface area contributed by atoms with Gasteiger partial charge in [0, 0.05) is 19.3 Å². The van der Waals surface area contributed by atoms with Gasteiger partial charge in [0.2, 0.25) is 0 Å². The van der Waals surface area contributed by atoms with Gasteiger partial charge in [0.05, 0.1) is 5.56 Å². The molecule has 0 saturated heterocycles. The van der Waals surface area contributed by atoms with Gasteiger partial charge in [-0.05, 0) is 18.1 Å². The molecule has 0 radical (unpaired) electrons. The highest BCUT2D eigenvalue weighted by Crippen LogP contribution is 2.27. The first-order chi connectivity index (χ1) is 8.34. The Morgan fingerprint density at radius 2 is 2.17 bits per heavy atom. The number of pyridine rings is 1. The zero-order chi connectivity index (χ0) is 13.8. The van der Waals surface area contributed by atoms with Crippen molar-refractivity contribution < 1.29 is 23.1 Å². The number of nitrogens with one attached hydrogen (secondary N) is 1. The van der Waals surface area contributed by atoms with Crippen LogP contribution < -0.4 is 5.32 Å². The first-order valence-corrected chi connectivity index (χ1v) is 5.27. The third-order valence-corrected chi connectivity index (χ3v) is 2.24. The zero-order valence-electron chi connectivity index (χ0n) is 9.66. The smallest absolute Gasteiger partial charge is 0.396 e. The van der Waals surface area contributed by atoms with Gasteiger partial charge < -0.3 is 10.4 Å². The Balaban J connectivity index is 2.65. The van der Waals surface area contributed by atoms with Crippen molar-refractivity contribution in [3.05, 3.63) is 29.6 Å². The molecule has 1 unspecified atom stereocenters. The lowest BCUT2D eigenvalue weighted by atomic mass is 10.2. The van der Waals surface area contributed by atoms with Crippen molar-refractivity contribution >= 4 is 5.91 Å². The number of halogens is 3. The lowest BCUT2D eigenvalue weighted by Gasteiger charge is -2.10. The van der Waals surface area contributed by atoms with E-state index >= 15 is 0 Å². The van der Waals surface area contributed by atoms with Crippen LogP contribution in [0.3, 0.4) is 0 Å². The highest BCUT2D eigenvalue weighted by atomic mass is 19.4. The van der Waals surface area contributed by atoms with Crippen LogP contribution in [0.15, 0.2) is 18.3 Å². The summed E-state index contributed by atoms with van der Waals surface area (Å²) in [4.78, 5) is 14.7. The maximum Gasteiger partial charge on any atom is 0.433 e. The van der Waals surface area contributed by atoms with Crippen LogP contribution in [0, 0.1) is 5.92 Å². The third-order valence-electron chi connectivity index (χ3n) is 2.24. The molecule has 0 saturated carbocycles. The van der Waals surface area contributed by atoms with Gasteiger partial charge in [-0.1, -0.05) is 6.92 Å². The molecule has 1 aromatic heterocycles. The lowest BCUT2D eigenvalue weighted by molar-refractivity contribution is -0.141. The molecule has 0 aromatic carbocycles. The van der Waals surface area contributed by atoms with Gasteiger partial charge in [-0.2, -0.15) is 13.2 Å². The van der Waals surface area contributed by atoms with Gasteiger partial charge in [0.15, 0.2) is 0 Å². The molecular weight excluding hydrogens is 249 g/mol. The Morgan fingerprint density at radius 1 is 1.50 bits per heavy atom. The summed E-state index contributed by atoms with van der Waals surface area (Å²) >= 11 is 0.